The Hall–Kier alpha value is -3.66. The van der Waals surface area contributed by atoms with Gasteiger partial charge in [0.2, 0.25) is 0 Å². The molecule has 0 bridgehead atoms. The molecule has 0 atom stereocenters. The molecule has 0 spiro atoms. The van der Waals surface area contributed by atoms with Gasteiger partial charge in [-0.3, -0.25) is 9.36 Å². The molecule has 0 unspecified atom stereocenters. The van der Waals surface area contributed by atoms with Crippen LogP contribution < -0.4 is 5.56 Å². The van der Waals surface area contributed by atoms with Gasteiger partial charge in [0.1, 0.15) is 5.82 Å². The Morgan fingerprint density at radius 2 is 1.27 bits per heavy atom. The molecule has 0 aliphatic carbocycles. The average molecular weight is 464 g/mol. The van der Waals surface area contributed by atoms with Gasteiger partial charge < -0.3 is 5.11 Å². The van der Waals surface area contributed by atoms with Crippen LogP contribution in [0.1, 0.15) is 5.56 Å². The van der Waals surface area contributed by atoms with Crippen LogP contribution in [0.4, 0.5) is 26.3 Å². The molecule has 0 amide bonds. The van der Waals surface area contributed by atoms with E-state index in [1.54, 1.807) is 48.5 Å². The van der Waals surface area contributed by atoms with Crippen molar-refractivity contribution in [1.82, 2.24) is 9.55 Å². The highest BCUT2D eigenvalue weighted by molar-refractivity contribution is 5.80. The maximum Gasteiger partial charge on any atom is 0.430 e. The van der Waals surface area contributed by atoms with Crippen LogP contribution in [0, 0.1) is 0 Å². The first-order valence-corrected chi connectivity index (χ1v) is 9.49. The van der Waals surface area contributed by atoms with E-state index in [4.69, 9.17) is 0 Å². The number of nitrogens with zero attached hydrogens (tertiary/aromatic N) is 2. The van der Waals surface area contributed by atoms with E-state index in [0.717, 1.165) is 16.7 Å². The highest BCUT2D eigenvalue weighted by Crippen LogP contribution is 2.50. The Kier molecular flexibility index (Phi) is 5.28. The van der Waals surface area contributed by atoms with E-state index in [1.165, 1.54) is 6.07 Å². The molecule has 0 aliphatic rings. The van der Waals surface area contributed by atoms with Crippen LogP contribution in [-0.4, -0.2) is 27.0 Å². The van der Waals surface area contributed by atoms with Gasteiger partial charge in [-0.05, 0) is 24.3 Å². The zero-order valence-corrected chi connectivity index (χ0v) is 16.5. The quantitative estimate of drug-likeness (QED) is 0.415. The molecule has 4 aromatic rings. The predicted molar refractivity (Wildman–Crippen MR) is 109 cm³/mol. The summed E-state index contributed by atoms with van der Waals surface area (Å²) in [5, 5.41) is 9.83. The second kappa shape index (κ2) is 7.73. The fourth-order valence-corrected chi connectivity index (χ4v) is 3.49. The fourth-order valence-electron chi connectivity index (χ4n) is 3.49. The third-order valence-electron chi connectivity index (χ3n) is 5.17. The minimum absolute atomic E-state index is 0.0208. The van der Waals surface area contributed by atoms with Gasteiger partial charge in [-0.1, -0.05) is 54.6 Å². The Morgan fingerprint density at radius 1 is 0.727 bits per heavy atom. The number of alkyl halides is 6. The van der Waals surface area contributed by atoms with E-state index in [1.807, 2.05) is 0 Å². The van der Waals surface area contributed by atoms with Gasteiger partial charge in [-0.25, -0.2) is 4.98 Å². The summed E-state index contributed by atoms with van der Waals surface area (Å²) in [6.07, 6.45) is -12.0. The van der Waals surface area contributed by atoms with Gasteiger partial charge >= 0.3 is 12.4 Å². The molecule has 170 valence electrons. The summed E-state index contributed by atoms with van der Waals surface area (Å²) in [7, 11) is 0. The van der Waals surface area contributed by atoms with Gasteiger partial charge in [0.15, 0.2) is 0 Å². The van der Waals surface area contributed by atoms with Gasteiger partial charge in [0, 0.05) is 11.1 Å². The van der Waals surface area contributed by atoms with Crippen molar-refractivity contribution in [1.29, 1.82) is 0 Å². The molecule has 1 heterocycles. The lowest BCUT2D eigenvalue weighted by atomic mass is 9.92. The molecule has 0 aliphatic heterocycles. The molecule has 1 N–H and O–H groups in total. The SMILES string of the molecule is O=c1c2ccccc2nc(-c2ccccc2)n1-c1ccc(C(O)(C(F)(F)F)C(F)(F)F)cc1. The van der Waals surface area contributed by atoms with Gasteiger partial charge in [0.05, 0.1) is 16.6 Å². The topological polar surface area (TPSA) is 55.1 Å². The molecule has 10 heteroatoms. The third kappa shape index (κ3) is 3.66. The molecule has 3 aromatic carbocycles. The maximum atomic E-state index is 13.2. The second-order valence-electron chi connectivity index (χ2n) is 7.21. The van der Waals surface area contributed by atoms with E-state index >= 15 is 0 Å². The molecule has 4 nitrogen and oxygen atoms in total. The number of rotatable bonds is 3. The maximum absolute atomic E-state index is 13.2. The number of hydrogen-bond donors (Lipinski definition) is 1. The van der Waals surface area contributed by atoms with Gasteiger partial charge in [-0.15, -0.1) is 0 Å². The number of benzene rings is 3. The van der Waals surface area contributed by atoms with Crippen molar-refractivity contribution >= 4 is 10.9 Å². The fraction of sp³-hybridized carbons (Fsp3) is 0.130. The standard InChI is InChI=1S/C23H14F6N2O2/c24-22(25,26)21(33,23(27,28)29)15-10-12-16(13-11-15)31-19(14-6-2-1-3-7-14)30-18-9-5-4-8-17(18)20(31)32/h1-13,33H. The number of halogens is 6. The van der Waals surface area contributed by atoms with Crippen molar-refractivity contribution in [2.45, 2.75) is 18.0 Å². The molecule has 4 rings (SSSR count). The Morgan fingerprint density at radius 3 is 1.85 bits per heavy atom. The summed E-state index contributed by atoms with van der Waals surface area (Å²) in [6.45, 7) is 0. The number of fused-ring (bicyclic) bond motifs is 1. The third-order valence-corrected chi connectivity index (χ3v) is 5.17. The van der Waals surface area contributed by atoms with Crippen LogP contribution in [-0.2, 0) is 5.60 Å². The predicted octanol–water partition coefficient (Wildman–Crippen LogP) is 5.36. The number of aromatic nitrogens is 2. The minimum Gasteiger partial charge on any atom is -0.369 e. The first-order valence-electron chi connectivity index (χ1n) is 9.49. The van der Waals surface area contributed by atoms with Crippen LogP contribution in [0.25, 0.3) is 28.0 Å². The number of hydrogen-bond acceptors (Lipinski definition) is 3. The van der Waals surface area contributed by atoms with Crippen molar-refractivity contribution < 1.29 is 31.4 Å². The normalized spacial score (nSPS) is 12.8. The lowest BCUT2D eigenvalue weighted by Crippen LogP contribution is -2.53. The van der Waals surface area contributed by atoms with Crippen LogP contribution >= 0.6 is 0 Å². The highest BCUT2D eigenvalue weighted by Gasteiger charge is 2.71. The smallest absolute Gasteiger partial charge is 0.369 e. The van der Waals surface area contributed by atoms with E-state index in [-0.39, 0.29) is 16.9 Å². The summed E-state index contributed by atoms with van der Waals surface area (Å²) >= 11 is 0. The summed E-state index contributed by atoms with van der Waals surface area (Å²) < 4.78 is 80.3. The van der Waals surface area contributed by atoms with Crippen molar-refractivity contribution in [2.24, 2.45) is 0 Å². The van der Waals surface area contributed by atoms with E-state index in [0.29, 0.717) is 23.2 Å². The lowest BCUT2D eigenvalue weighted by molar-refractivity contribution is -0.376. The van der Waals surface area contributed by atoms with Crippen LogP contribution in [0.5, 0.6) is 0 Å². The van der Waals surface area contributed by atoms with E-state index in [9.17, 15) is 36.2 Å². The van der Waals surface area contributed by atoms with Crippen molar-refractivity contribution in [3.63, 3.8) is 0 Å². The first kappa shape index (κ1) is 22.5. The summed E-state index contributed by atoms with van der Waals surface area (Å²) in [5.41, 5.74) is -6.19. The molecule has 0 saturated heterocycles. The summed E-state index contributed by atoms with van der Waals surface area (Å²) in [6, 6.07) is 17.6. The van der Waals surface area contributed by atoms with Gasteiger partial charge in [-0.2, -0.15) is 26.3 Å². The molecular weight excluding hydrogens is 450 g/mol. The van der Waals surface area contributed by atoms with Crippen LogP contribution in [0.3, 0.4) is 0 Å². The average Bonchev–Trinajstić information content (AvgIpc) is 2.78. The van der Waals surface area contributed by atoms with E-state index < -0.39 is 29.1 Å². The minimum atomic E-state index is -6.01. The zero-order valence-electron chi connectivity index (χ0n) is 16.5. The Balaban J connectivity index is 1.95. The van der Waals surface area contributed by atoms with Crippen molar-refractivity contribution in [3.8, 4) is 17.1 Å². The zero-order chi connectivity index (χ0) is 24.0. The van der Waals surface area contributed by atoms with Crippen molar-refractivity contribution in [3.05, 3.63) is 94.8 Å². The monoisotopic (exact) mass is 464 g/mol. The molecule has 0 fully saturated rings. The summed E-state index contributed by atoms with van der Waals surface area (Å²) in [4.78, 5) is 17.7. The molecule has 0 radical (unpaired) electrons. The largest absolute Gasteiger partial charge is 0.430 e. The molecule has 33 heavy (non-hydrogen) atoms. The number of aliphatic hydroxyl groups is 1. The Bertz CT molecular complexity index is 1350. The molecule has 1 aromatic heterocycles. The molecular formula is C23H14F6N2O2. The second-order valence-corrected chi connectivity index (χ2v) is 7.21. The van der Waals surface area contributed by atoms with Gasteiger partial charge in [0.25, 0.3) is 11.2 Å². The Labute approximate surface area is 182 Å². The van der Waals surface area contributed by atoms with Crippen LogP contribution in [0.15, 0.2) is 83.7 Å². The highest BCUT2D eigenvalue weighted by atomic mass is 19.4. The first-order chi connectivity index (χ1) is 15.4. The molecule has 0 saturated carbocycles. The summed E-state index contributed by atoms with van der Waals surface area (Å²) in [5.74, 6) is 0.147. The van der Waals surface area contributed by atoms with Crippen LogP contribution in [0.2, 0.25) is 0 Å². The lowest BCUT2D eigenvalue weighted by Gasteiger charge is -2.32. The number of para-hydroxylation sites is 1. The van der Waals surface area contributed by atoms with Crippen molar-refractivity contribution in [2.75, 3.05) is 0 Å². The van der Waals surface area contributed by atoms with E-state index in [2.05, 4.69) is 4.98 Å².